The van der Waals surface area contributed by atoms with Gasteiger partial charge >= 0.3 is 0 Å². The molecule has 160 valence electrons. The Labute approximate surface area is 181 Å². The Morgan fingerprint density at radius 1 is 1.16 bits per heavy atom. The molecule has 0 aromatic carbocycles. The molecule has 0 saturated carbocycles. The number of aromatic nitrogens is 4. The minimum absolute atomic E-state index is 0.168. The lowest BCUT2D eigenvalue weighted by Crippen LogP contribution is -2.53. The normalized spacial score (nSPS) is 17.8. The van der Waals surface area contributed by atoms with Gasteiger partial charge in [-0.2, -0.15) is 15.5 Å². The van der Waals surface area contributed by atoms with Gasteiger partial charge in [0, 0.05) is 49.7 Å². The number of hydrogen-bond donors (Lipinski definition) is 1. The van der Waals surface area contributed by atoms with Crippen LogP contribution < -0.4 is 5.32 Å². The molecule has 31 heavy (non-hydrogen) atoms. The number of amides is 1. The van der Waals surface area contributed by atoms with Gasteiger partial charge in [-0.25, -0.2) is 4.52 Å². The second-order valence-electron chi connectivity index (χ2n) is 8.92. The molecule has 0 radical (unpaired) electrons. The predicted octanol–water partition coefficient (Wildman–Crippen LogP) is 2.58. The summed E-state index contributed by atoms with van der Waals surface area (Å²) in [5, 5.41) is 21.6. The van der Waals surface area contributed by atoms with E-state index in [9.17, 15) is 10.1 Å². The first kappa shape index (κ1) is 19.8. The van der Waals surface area contributed by atoms with Crippen LogP contribution in [0.4, 0.5) is 0 Å². The molecule has 0 unspecified atom stereocenters. The standard InChI is InChI=1S/C23H27N7O/c1-15(2)21-7-16(13-30-22(21)17(8-24)11-27-30)19-12-26-29(14-19)20-3-5-28(6-4-20)23(31)18-9-25-10-18/h7,11-15,18,20,25H,3-6,9-10H2,1-2H3. The summed E-state index contributed by atoms with van der Waals surface area (Å²) in [6.07, 6.45) is 9.44. The van der Waals surface area contributed by atoms with Crippen LogP contribution in [0.1, 0.15) is 49.8 Å². The number of piperidine rings is 1. The van der Waals surface area contributed by atoms with E-state index < -0.39 is 0 Å². The minimum atomic E-state index is 0.168. The van der Waals surface area contributed by atoms with Crippen molar-refractivity contribution in [1.82, 2.24) is 29.6 Å². The molecule has 0 bridgehead atoms. The Bertz CT molecular complexity index is 1160. The number of likely N-dealkylation sites (tertiary alicyclic amines) is 1. The highest BCUT2D eigenvalue weighted by Gasteiger charge is 2.32. The average Bonchev–Trinajstić information content (AvgIpc) is 3.39. The van der Waals surface area contributed by atoms with Gasteiger partial charge in [0.2, 0.25) is 5.91 Å². The first-order valence-electron chi connectivity index (χ1n) is 11.0. The van der Waals surface area contributed by atoms with E-state index in [-0.39, 0.29) is 11.8 Å². The lowest BCUT2D eigenvalue weighted by Gasteiger charge is -2.37. The molecule has 2 fully saturated rings. The third-order valence-corrected chi connectivity index (χ3v) is 6.60. The second kappa shape index (κ2) is 7.82. The Balaban J connectivity index is 1.36. The Kier molecular flexibility index (Phi) is 4.98. The smallest absolute Gasteiger partial charge is 0.228 e. The first-order chi connectivity index (χ1) is 15.0. The van der Waals surface area contributed by atoms with Gasteiger partial charge in [-0.15, -0.1) is 0 Å². The van der Waals surface area contributed by atoms with E-state index in [2.05, 4.69) is 47.7 Å². The molecule has 3 aromatic heterocycles. The number of hydrogen-bond acceptors (Lipinski definition) is 5. The van der Waals surface area contributed by atoms with Gasteiger partial charge in [0.15, 0.2) is 0 Å². The molecule has 0 atom stereocenters. The summed E-state index contributed by atoms with van der Waals surface area (Å²) >= 11 is 0. The molecular formula is C23H27N7O. The zero-order valence-electron chi connectivity index (χ0n) is 18.0. The van der Waals surface area contributed by atoms with Gasteiger partial charge in [0.1, 0.15) is 6.07 Å². The third-order valence-electron chi connectivity index (χ3n) is 6.60. The first-order valence-corrected chi connectivity index (χ1v) is 11.0. The molecule has 0 spiro atoms. The summed E-state index contributed by atoms with van der Waals surface area (Å²) in [5.74, 6) is 0.736. The number of nitrogens with one attached hydrogen (secondary N) is 1. The van der Waals surface area contributed by atoms with Crippen molar-refractivity contribution in [3.8, 4) is 17.2 Å². The van der Waals surface area contributed by atoms with Crippen LogP contribution in [0, 0.1) is 17.2 Å². The van der Waals surface area contributed by atoms with Crippen molar-refractivity contribution in [1.29, 1.82) is 5.26 Å². The number of nitrogens with zero attached hydrogens (tertiary/aromatic N) is 6. The van der Waals surface area contributed by atoms with Crippen LogP contribution in [-0.4, -0.2) is 56.4 Å². The van der Waals surface area contributed by atoms with Crippen molar-refractivity contribution in [2.75, 3.05) is 26.2 Å². The molecule has 8 heteroatoms. The Hall–Kier alpha value is -3.18. The summed E-state index contributed by atoms with van der Waals surface area (Å²) in [4.78, 5) is 14.5. The van der Waals surface area contributed by atoms with E-state index in [1.165, 1.54) is 0 Å². The van der Waals surface area contributed by atoms with Crippen LogP contribution in [0.5, 0.6) is 0 Å². The SMILES string of the molecule is CC(C)c1cc(-c2cnn(C3CCN(C(=O)C4CNC4)CC3)c2)cn2ncc(C#N)c12. The van der Waals surface area contributed by atoms with Crippen molar-refractivity contribution in [2.24, 2.45) is 5.92 Å². The minimum Gasteiger partial charge on any atom is -0.342 e. The fourth-order valence-electron chi connectivity index (χ4n) is 4.59. The van der Waals surface area contributed by atoms with Crippen molar-refractivity contribution < 1.29 is 4.79 Å². The van der Waals surface area contributed by atoms with E-state index in [1.807, 2.05) is 22.0 Å². The molecule has 2 aliphatic rings. The zero-order chi connectivity index (χ0) is 21.5. The van der Waals surface area contributed by atoms with Gasteiger partial charge in [0.05, 0.1) is 35.4 Å². The highest BCUT2D eigenvalue weighted by molar-refractivity contribution is 5.80. The largest absolute Gasteiger partial charge is 0.342 e. The van der Waals surface area contributed by atoms with Crippen LogP contribution in [0.2, 0.25) is 0 Å². The lowest BCUT2D eigenvalue weighted by molar-refractivity contribution is -0.138. The number of fused-ring (bicyclic) bond motifs is 1. The topological polar surface area (TPSA) is 91.2 Å². The van der Waals surface area contributed by atoms with E-state index in [1.54, 1.807) is 10.7 Å². The second-order valence-corrected chi connectivity index (χ2v) is 8.92. The van der Waals surface area contributed by atoms with E-state index >= 15 is 0 Å². The molecule has 5 heterocycles. The molecule has 3 aromatic rings. The number of nitriles is 1. The van der Waals surface area contributed by atoms with Gasteiger partial charge in [0.25, 0.3) is 0 Å². The number of rotatable bonds is 4. The van der Waals surface area contributed by atoms with Crippen LogP contribution in [0.15, 0.2) is 30.9 Å². The molecule has 0 aliphatic carbocycles. The van der Waals surface area contributed by atoms with Gasteiger partial charge in [-0.3, -0.25) is 9.48 Å². The predicted molar refractivity (Wildman–Crippen MR) is 116 cm³/mol. The molecule has 8 nitrogen and oxygen atoms in total. The maximum atomic E-state index is 12.5. The van der Waals surface area contributed by atoms with Crippen LogP contribution in [0.25, 0.3) is 16.6 Å². The quantitative estimate of drug-likeness (QED) is 0.705. The fraction of sp³-hybridized carbons (Fsp3) is 0.478. The molecule has 1 amide bonds. The zero-order valence-corrected chi connectivity index (χ0v) is 18.0. The fourth-order valence-corrected chi connectivity index (χ4v) is 4.59. The molecule has 1 N–H and O–H groups in total. The van der Waals surface area contributed by atoms with Gasteiger partial charge < -0.3 is 10.2 Å². The van der Waals surface area contributed by atoms with Crippen molar-refractivity contribution >= 4 is 11.4 Å². The number of carbonyl (C=O) groups is 1. The highest BCUT2D eigenvalue weighted by atomic mass is 16.2. The third kappa shape index (κ3) is 3.49. The summed E-state index contributed by atoms with van der Waals surface area (Å²) in [5.41, 5.74) is 4.67. The Morgan fingerprint density at radius 2 is 1.94 bits per heavy atom. The summed E-state index contributed by atoms with van der Waals surface area (Å²) < 4.78 is 3.85. The average molecular weight is 418 g/mol. The summed E-state index contributed by atoms with van der Waals surface area (Å²) in [7, 11) is 0. The van der Waals surface area contributed by atoms with E-state index in [0.29, 0.717) is 17.5 Å². The van der Waals surface area contributed by atoms with Crippen LogP contribution in [-0.2, 0) is 4.79 Å². The van der Waals surface area contributed by atoms with Crippen LogP contribution in [0.3, 0.4) is 0 Å². The number of carbonyl (C=O) groups excluding carboxylic acids is 1. The van der Waals surface area contributed by atoms with Crippen molar-refractivity contribution in [3.63, 3.8) is 0 Å². The monoisotopic (exact) mass is 417 g/mol. The van der Waals surface area contributed by atoms with Gasteiger partial charge in [-0.1, -0.05) is 13.8 Å². The molecule has 2 saturated heterocycles. The Morgan fingerprint density at radius 3 is 2.58 bits per heavy atom. The van der Waals surface area contributed by atoms with E-state index in [0.717, 1.165) is 61.2 Å². The summed E-state index contributed by atoms with van der Waals surface area (Å²) in [6, 6.07) is 4.70. The van der Waals surface area contributed by atoms with Crippen LogP contribution >= 0.6 is 0 Å². The molecular weight excluding hydrogens is 390 g/mol. The lowest BCUT2D eigenvalue weighted by atomic mass is 9.98. The molecule has 5 rings (SSSR count). The molecule has 2 aliphatic heterocycles. The number of pyridine rings is 1. The van der Waals surface area contributed by atoms with Crippen molar-refractivity contribution in [3.05, 3.63) is 42.0 Å². The van der Waals surface area contributed by atoms with E-state index in [4.69, 9.17) is 0 Å². The maximum Gasteiger partial charge on any atom is 0.228 e. The van der Waals surface area contributed by atoms with Gasteiger partial charge in [-0.05, 0) is 30.4 Å². The summed E-state index contributed by atoms with van der Waals surface area (Å²) in [6.45, 7) is 7.48. The van der Waals surface area contributed by atoms with Crippen molar-refractivity contribution in [2.45, 2.75) is 38.6 Å². The maximum absolute atomic E-state index is 12.5. The highest BCUT2D eigenvalue weighted by Crippen LogP contribution is 2.31.